The third kappa shape index (κ3) is 3.24. The van der Waals surface area contributed by atoms with Crippen LogP contribution in [-0.4, -0.2) is 26.6 Å². The second-order valence-electron chi connectivity index (χ2n) is 4.95. The van der Waals surface area contributed by atoms with Gasteiger partial charge in [-0.1, -0.05) is 0 Å². The quantitative estimate of drug-likeness (QED) is 0.774. The summed E-state index contributed by atoms with van der Waals surface area (Å²) in [6.07, 6.45) is 0.209. The van der Waals surface area contributed by atoms with Crippen molar-refractivity contribution in [1.82, 2.24) is 0 Å². The number of aryl methyl sites for hydroxylation is 1. The third-order valence-corrected chi connectivity index (χ3v) is 4.12. The Balaban J connectivity index is 2.20. The van der Waals surface area contributed by atoms with Crippen molar-refractivity contribution in [3.05, 3.63) is 23.8 Å². The number of sulfonamides is 1. The number of nitrogens with zero attached hydrogens (tertiary/aromatic N) is 1. The lowest BCUT2D eigenvalue weighted by Gasteiger charge is -2.19. The first-order valence-corrected chi connectivity index (χ1v) is 7.65. The largest absolute Gasteiger partial charge is 0.399 e. The minimum absolute atomic E-state index is 0.0819. The summed E-state index contributed by atoms with van der Waals surface area (Å²) in [5, 5.41) is 5.02. The normalized spacial score (nSPS) is 20.0. The second-order valence-corrected chi connectivity index (χ2v) is 6.61. The Labute approximate surface area is 112 Å². The van der Waals surface area contributed by atoms with Gasteiger partial charge in [-0.3, -0.25) is 4.79 Å². The number of amides is 1. The Hall–Kier alpha value is -1.60. The Morgan fingerprint density at radius 1 is 1.42 bits per heavy atom. The zero-order valence-corrected chi connectivity index (χ0v) is 11.5. The van der Waals surface area contributed by atoms with Crippen molar-refractivity contribution in [2.45, 2.75) is 13.3 Å². The molecule has 1 fully saturated rings. The topological polar surface area (TPSA) is 106 Å². The molecule has 0 spiro atoms. The van der Waals surface area contributed by atoms with Crippen molar-refractivity contribution < 1.29 is 13.2 Å². The van der Waals surface area contributed by atoms with Crippen LogP contribution < -0.4 is 15.8 Å². The number of anilines is 2. The number of hydrogen-bond donors (Lipinski definition) is 2. The first kappa shape index (κ1) is 13.8. The van der Waals surface area contributed by atoms with Gasteiger partial charge in [-0.2, -0.15) is 0 Å². The van der Waals surface area contributed by atoms with E-state index >= 15 is 0 Å². The lowest BCUT2D eigenvalue weighted by Crippen LogP contribution is -2.28. The van der Waals surface area contributed by atoms with Gasteiger partial charge in [0.2, 0.25) is 15.9 Å². The van der Waals surface area contributed by atoms with Crippen LogP contribution in [0.15, 0.2) is 18.2 Å². The van der Waals surface area contributed by atoms with Crippen LogP contribution in [0.25, 0.3) is 0 Å². The van der Waals surface area contributed by atoms with Crippen molar-refractivity contribution in [2.75, 3.05) is 22.9 Å². The highest BCUT2D eigenvalue weighted by Gasteiger charge is 2.33. The highest BCUT2D eigenvalue weighted by Crippen LogP contribution is 2.29. The van der Waals surface area contributed by atoms with E-state index in [0.29, 0.717) is 12.2 Å². The maximum atomic E-state index is 12.0. The molecule has 1 heterocycles. The maximum Gasteiger partial charge on any atom is 0.227 e. The summed E-state index contributed by atoms with van der Waals surface area (Å²) in [6.45, 7) is 2.24. The van der Waals surface area contributed by atoms with Crippen molar-refractivity contribution in [3.8, 4) is 0 Å². The molecule has 0 bridgehead atoms. The van der Waals surface area contributed by atoms with Crippen LogP contribution in [-0.2, 0) is 14.8 Å². The van der Waals surface area contributed by atoms with Gasteiger partial charge in [0.15, 0.2) is 0 Å². The van der Waals surface area contributed by atoms with Crippen molar-refractivity contribution in [1.29, 1.82) is 0 Å². The molecule has 7 heteroatoms. The SMILES string of the molecule is Cc1cc(N)ccc1N1CC(CS(N)(=O)=O)CC1=O. The Morgan fingerprint density at radius 2 is 2.11 bits per heavy atom. The summed E-state index contributed by atoms with van der Waals surface area (Å²) >= 11 is 0. The summed E-state index contributed by atoms with van der Waals surface area (Å²) in [5.41, 5.74) is 7.97. The fraction of sp³-hybridized carbons (Fsp3) is 0.417. The average molecular weight is 283 g/mol. The van der Waals surface area contributed by atoms with E-state index in [1.54, 1.807) is 23.1 Å². The molecular weight excluding hydrogens is 266 g/mol. The highest BCUT2D eigenvalue weighted by molar-refractivity contribution is 7.89. The highest BCUT2D eigenvalue weighted by atomic mass is 32.2. The molecule has 1 aromatic carbocycles. The molecule has 4 N–H and O–H groups in total. The summed E-state index contributed by atoms with van der Waals surface area (Å²) in [7, 11) is -3.55. The zero-order valence-electron chi connectivity index (χ0n) is 10.7. The zero-order chi connectivity index (χ0) is 14.2. The average Bonchev–Trinajstić information content (AvgIpc) is 2.56. The molecule has 0 aliphatic carbocycles. The summed E-state index contributed by atoms with van der Waals surface area (Å²) in [5.74, 6) is -0.496. The summed E-state index contributed by atoms with van der Waals surface area (Å²) < 4.78 is 22.2. The van der Waals surface area contributed by atoms with E-state index in [-0.39, 0.29) is 24.0 Å². The molecule has 104 valence electrons. The van der Waals surface area contributed by atoms with Gasteiger partial charge in [0.05, 0.1) is 5.75 Å². The minimum atomic E-state index is -3.55. The number of nitrogen functional groups attached to an aromatic ring is 1. The molecule has 1 unspecified atom stereocenters. The van der Waals surface area contributed by atoms with E-state index in [1.165, 1.54) is 0 Å². The number of carbonyl (C=O) groups is 1. The lowest BCUT2D eigenvalue weighted by molar-refractivity contribution is -0.117. The summed E-state index contributed by atoms with van der Waals surface area (Å²) in [6, 6.07) is 5.29. The van der Waals surface area contributed by atoms with Crippen molar-refractivity contribution in [3.63, 3.8) is 0 Å². The number of hydrogen-bond acceptors (Lipinski definition) is 4. The van der Waals surface area contributed by atoms with E-state index in [9.17, 15) is 13.2 Å². The molecule has 1 aromatic rings. The van der Waals surface area contributed by atoms with Crippen LogP contribution in [0, 0.1) is 12.8 Å². The second kappa shape index (κ2) is 4.82. The van der Waals surface area contributed by atoms with E-state index in [1.807, 2.05) is 6.92 Å². The smallest absolute Gasteiger partial charge is 0.227 e. The van der Waals surface area contributed by atoms with Crippen LogP contribution in [0.4, 0.5) is 11.4 Å². The molecule has 0 aromatic heterocycles. The molecule has 1 amide bonds. The number of nitrogens with two attached hydrogens (primary N) is 2. The molecule has 0 saturated carbocycles. The van der Waals surface area contributed by atoms with Gasteiger partial charge >= 0.3 is 0 Å². The molecule has 1 aliphatic heterocycles. The molecule has 1 atom stereocenters. The van der Waals surface area contributed by atoms with E-state index in [0.717, 1.165) is 11.3 Å². The third-order valence-electron chi connectivity index (χ3n) is 3.18. The Morgan fingerprint density at radius 3 is 2.68 bits per heavy atom. The molecule has 6 nitrogen and oxygen atoms in total. The predicted octanol–water partition coefficient (Wildman–Crippen LogP) is 0.219. The molecular formula is C12H17N3O3S. The number of primary sulfonamides is 1. The van der Waals surface area contributed by atoms with Crippen molar-refractivity contribution >= 4 is 27.3 Å². The van der Waals surface area contributed by atoms with Gasteiger partial charge in [0.1, 0.15) is 0 Å². The lowest BCUT2D eigenvalue weighted by atomic mass is 10.1. The van der Waals surface area contributed by atoms with Crippen LogP contribution in [0.2, 0.25) is 0 Å². The Bertz CT molecular complexity index is 613. The summed E-state index contributed by atoms with van der Waals surface area (Å²) in [4.78, 5) is 13.6. The van der Waals surface area contributed by atoms with Gasteiger partial charge < -0.3 is 10.6 Å². The van der Waals surface area contributed by atoms with Gasteiger partial charge in [-0.25, -0.2) is 13.6 Å². The van der Waals surface area contributed by atoms with Crippen LogP contribution in [0.3, 0.4) is 0 Å². The molecule has 2 rings (SSSR count). The first-order chi connectivity index (χ1) is 8.76. The number of rotatable bonds is 3. The fourth-order valence-corrected chi connectivity index (χ4v) is 3.32. The van der Waals surface area contributed by atoms with Gasteiger partial charge in [0, 0.05) is 30.3 Å². The molecule has 1 saturated heterocycles. The van der Waals surface area contributed by atoms with Crippen LogP contribution in [0.1, 0.15) is 12.0 Å². The molecule has 1 aliphatic rings. The van der Waals surface area contributed by atoms with Gasteiger partial charge in [-0.05, 0) is 30.7 Å². The first-order valence-electron chi connectivity index (χ1n) is 5.93. The Kier molecular flexibility index (Phi) is 3.51. The van der Waals surface area contributed by atoms with Crippen LogP contribution in [0.5, 0.6) is 0 Å². The minimum Gasteiger partial charge on any atom is -0.399 e. The van der Waals surface area contributed by atoms with Gasteiger partial charge in [0.25, 0.3) is 0 Å². The number of carbonyl (C=O) groups excluding carboxylic acids is 1. The fourth-order valence-electron chi connectivity index (χ4n) is 2.44. The predicted molar refractivity (Wildman–Crippen MR) is 74.0 cm³/mol. The van der Waals surface area contributed by atoms with E-state index < -0.39 is 10.0 Å². The number of benzene rings is 1. The van der Waals surface area contributed by atoms with Gasteiger partial charge in [-0.15, -0.1) is 0 Å². The van der Waals surface area contributed by atoms with E-state index in [4.69, 9.17) is 10.9 Å². The van der Waals surface area contributed by atoms with Crippen molar-refractivity contribution in [2.24, 2.45) is 11.1 Å². The molecule has 0 radical (unpaired) electrons. The van der Waals surface area contributed by atoms with Crippen LogP contribution >= 0.6 is 0 Å². The van der Waals surface area contributed by atoms with E-state index in [2.05, 4.69) is 0 Å². The maximum absolute atomic E-state index is 12.0. The molecule has 19 heavy (non-hydrogen) atoms. The monoisotopic (exact) mass is 283 g/mol. The standard InChI is InChI=1S/C12H17N3O3S/c1-8-4-10(13)2-3-11(8)15-6-9(5-12(15)16)7-19(14,17)18/h2-4,9H,5-7,13H2,1H3,(H2,14,17,18).